The summed E-state index contributed by atoms with van der Waals surface area (Å²) in [6.45, 7) is 7.67. The Kier molecular flexibility index (Phi) is 8.25. The van der Waals surface area contributed by atoms with Crippen molar-refractivity contribution in [1.82, 2.24) is 4.90 Å². The molecule has 4 nitrogen and oxygen atoms in total. The van der Waals surface area contributed by atoms with Gasteiger partial charge in [-0.1, -0.05) is 74.5 Å². The number of hydrogen-bond donors (Lipinski definition) is 0. The molecule has 0 aliphatic rings. The normalized spacial score (nSPS) is 11.0. The van der Waals surface area contributed by atoms with Crippen LogP contribution in [-0.4, -0.2) is 44.1 Å². The molecule has 0 spiro atoms. The first-order valence-electron chi connectivity index (χ1n) is 11.0. The maximum absolute atomic E-state index is 14.1. The third-order valence-corrected chi connectivity index (χ3v) is 5.70. The van der Waals surface area contributed by atoms with Crippen LogP contribution in [0.25, 0.3) is 0 Å². The molecule has 0 aliphatic heterocycles. The molecule has 0 saturated carbocycles. The Balaban J connectivity index is 2.00. The lowest BCUT2D eigenvalue weighted by molar-refractivity contribution is -0.119. The molecule has 3 aromatic carbocycles. The number of hydrogen-bond acceptors (Lipinski definition) is 3. The van der Waals surface area contributed by atoms with Crippen LogP contribution in [0.2, 0.25) is 0 Å². The van der Waals surface area contributed by atoms with Gasteiger partial charge in [0.1, 0.15) is 5.75 Å². The molecule has 1 amide bonds. The molecule has 0 saturated heterocycles. The van der Waals surface area contributed by atoms with E-state index in [2.05, 4.69) is 18.7 Å². The maximum Gasteiger partial charge on any atom is 0.239 e. The number of carbonyl (C=O) groups is 1. The Labute approximate surface area is 186 Å². The Morgan fingerprint density at radius 2 is 1.29 bits per heavy atom. The lowest BCUT2D eigenvalue weighted by atomic mass is 9.90. The summed E-state index contributed by atoms with van der Waals surface area (Å²) in [5, 5.41) is 0. The molecule has 0 heterocycles. The van der Waals surface area contributed by atoms with Gasteiger partial charge >= 0.3 is 0 Å². The van der Waals surface area contributed by atoms with Crippen LogP contribution in [-0.2, 0) is 4.79 Å². The van der Waals surface area contributed by atoms with E-state index in [1.807, 2.05) is 89.8 Å². The van der Waals surface area contributed by atoms with Crippen LogP contribution in [0.1, 0.15) is 30.9 Å². The molecule has 3 aromatic rings. The molecule has 4 heteroatoms. The average molecular weight is 417 g/mol. The van der Waals surface area contributed by atoms with Gasteiger partial charge in [-0.3, -0.25) is 4.79 Å². The Morgan fingerprint density at radius 3 is 1.74 bits per heavy atom. The van der Waals surface area contributed by atoms with Crippen LogP contribution >= 0.6 is 0 Å². The van der Waals surface area contributed by atoms with Crippen molar-refractivity contribution in [3.8, 4) is 5.75 Å². The van der Waals surface area contributed by atoms with Gasteiger partial charge in [0.25, 0.3) is 0 Å². The Morgan fingerprint density at radius 1 is 0.774 bits per heavy atom. The summed E-state index contributed by atoms with van der Waals surface area (Å²) in [7, 11) is 1.65. The lowest BCUT2D eigenvalue weighted by Crippen LogP contribution is -2.41. The first-order chi connectivity index (χ1) is 15.2. The second kappa shape index (κ2) is 11.3. The number of ether oxygens (including phenoxy) is 1. The van der Waals surface area contributed by atoms with E-state index in [9.17, 15) is 4.79 Å². The van der Waals surface area contributed by atoms with E-state index in [4.69, 9.17) is 4.74 Å². The highest BCUT2D eigenvalue weighted by Gasteiger charge is 2.28. The fraction of sp³-hybridized carbons (Fsp3) is 0.296. The van der Waals surface area contributed by atoms with E-state index >= 15 is 0 Å². The zero-order chi connectivity index (χ0) is 22.1. The minimum absolute atomic E-state index is 0.0784. The molecular weight excluding hydrogens is 384 g/mol. The zero-order valence-electron chi connectivity index (χ0n) is 18.7. The van der Waals surface area contributed by atoms with Crippen molar-refractivity contribution in [3.05, 3.63) is 96.1 Å². The third kappa shape index (κ3) is 5.74. The largest absolute Gasteiger partial charge is 0.497 e. The molecular formula is C27H32N2O2. The van der Waals surface area contributed by atoms with Crippen LogP contribution in [0.15, 0.2) is 84.9 Å². The highest BCUT2D eigenvalue weighted by molar-refractivity contribution is 6.00. The van der Waals surface area contributed by atoms with E-state index in [0.29, 0.717) is 6.54 Å². The van der Waals surface area contributed by atoms with Crippen molar-refractivity contribution in [2.24, 2.45) is 0 Å². The highest BCUT2D eigenvalue weighted by Crippen LogP contribution is 2.30. The minimum Gasteiger partial charge on any atom is -0.497 e. The standard InChI is InChI=1S/C27H32N2O2/c1-4-28(5-2)20-21-29(24-16-18-25(31-3)19-17-24)27(30)26(22-12-8-6-9-13-22)23-14-10-7-11-15-23/h6-19,26H,4-5,20-21H2,1-3H3. The fourth-order valence-electron chi connectivity index (χ4n) is 3.83. The molecule has 0 unspecified atom stereocenters. The number of amides is 1. The van der Waals surface area contributed by atoms with Crippen molar-refractivity contribution in [1.29, 1.82) is 0 Å². The Hall–Kier alpha value is -3.11. The monoisotopic (exact) mass is 416 g/mol. The molecule has 0 bridgehead atoms. The molecule has 3 rings (SSSR count). The molecule has 0 aromatic heterocycles. The van der Waals surface area contributed by atoms with Crippen molar-refractivity contribution >= 4 is 11.6 Å². The number of carbonyl (C=O) groups excluding carboxylic acids is 1. The smallest absolute Gasteiger partial charge is 0.239 e. The number of nitrogens with zero attached hydrogens (tertiary/aromatic N) is 2. The average Bonchev–Trinajstić information content (AvgIpc) is 2.83. The van der Waals surface area contributed by atoms with Crippen LogP contribution < -0.4 is 9.64 Å². The van der Waals surface area contributed by atoms with E-state index in [1.54, 1.807) is 7.11 Å². The van der Waals surface area contributed by atoms with E-state index in [1.165, 1.54) is 0 Å². The molecule has 0 radical (unpaired) electrons. The van der Waals surface area contributed by atoms with Gasteiger partial charge in [-0.2, -0.15) is 0 Å². The molecule has 0 N–H and O–H groups in total. The van der Waals surface area contributed by atoms with Gasteiger partial charge in [0.15, 0.2) is 0 Å². The third-order valence-electron chi connectivity index (χ3n) is 5.70. The first-order valence-corrected chi connectivity index (χ1v) is 11.0. The van der Waals surface area contributed by atoms with E-state index < -0.39 is 0 Å². The van der Waals surface area contributed by atoms with Crippen LogP contribution in [0.4, 0.5) is 5.69 Å². The van der Waals surface area contributed by atoms with Crippen molar-refractivity contribution in [3.63, 3.8) is 0 Å². The SMILES string of the molecule is CCN(CC)CCN(C(=O)C(c1ccccc1)c1ccccc1)c1ccc(OC)cc1. The summed E-state index contributed by atoms with van der Waals surface area (Å²) in [5.41, 5.74) is 2.88. The topological polar surface area (TPSA) is 32.8 Å². The van der Waals surface area contributed by atoms with Crippen LogP contribution in [0, 0.1) is 0 Å². The van der Waals surface area contributed by atoms with Gasteiger partial charge in [0, 0.05) is 18.8 Å². The van der Waals surface area contributed by atoms with Crippen molar-refractivity contribution < 1.29 is 9.53 Å². The second-order valence-corrected chi connectivity index (χ2v) is 7.47. The fourth-order valence-corrected chi connectivity index (χ4v) is 3.83. The number of likely N-dealkylation sites (N-methyl/N-ethyl adjacent to an activating group) is 1. The number of benzene rings is 3. The van der Waals surface area contributed by atoms with Crippen LogP contribution in [0.5, 0.6) is 5.75 Å². The van der Waals surface area contributed by atoms with Gasteiger partial charge in [0.05, 0.1) is 13.0 Å². The summed E-state index contributed by atoms with van der Waals surface area (Å²) >= 11 is 0. The summed E-state index contributed by atoms with van der Waals surface area (Å²) in [6.07, 6.45) is 0. The van der Waals surface area contributed by atoms with Crippen LogP contribution in [0.3, 0.4) is 0 Å². The van der Waals surface area contributed by atoms with Crippen molar-refractivity contribution in [2.45, 2.75) is 19.8 Å². The summed E-state index contributed by atoms with van der Waals surface area (Å²) in [4.78, 5) is 18.3. The number of anilines is 1. The number of methoxy groups -OCH3 is 1. The lowest BCUT2D eigenvalue weighted by Gasteiger charge is -2.30. The number of rotatable bonds is 10. The van der Waals surface area contributed by atoms with Gasteiger partial charge < -0.3 is 14.5 Å². The van der Waals surface area contributed by atoms with Gasteiger partial charge in [-0.25, -0.2) is 0 Å². The predicted molar refractivity (Wildman–Crippen MR) is 128 cm³/mol. The molecule has 0 aliphatic carbocycles. The minimum atomic E-state index is -0.360. The van der Waals surface area contributed by atoms with Crippen molar-refractivity contribution in [2.75, 3.05) is 38.2 Å². The van der Waals surface area contributed by atoms with E-state index in [-0.39, 0.29) is 11.8 Å². The van der Waals surface area contributed by atoms with Gasteiger partial charge in [-0.15, -0.1) is 0 Å². The molecule has 162 valence electrons. The first kappa shape index (κ1) is 22.6. The Bertz CT molecular complexity index is 883. The highest BCUT2D eigenvalue weighted by atomic mass is 16.5. The predicted octanol–water partition coefficient (Wildman–Crippen LogP) is 5.20. The van der Waals surface area contributed by atoms with Gasteiger partial charge in [-0.05, 0) is 48.5 Å². The summed E-state index contributed by atoms with van der Waals surface area (Å²) in [5.74, 6) is 0.499. The summed E-state index contributed by atoms with van der Waals surface area (Å²) in [6, 6.07) is 27.8. The van der Waals surface area contributed by atoms with Gasteiger partial charge in [0.2, 0.25) is 5.91 Å². The molecule has 0 fully saturated rings. The second-order valence-electron chi connectivity index (χ2n) is 7.47. The molecule has 31 heavy (non-hydrogen) atoms. The quantitative estimate of drug-likeness (QED) is 0.455. The maximum atomic E-state index is 14.1. The molecule has 0 atom stereocenters. The van der Waals surface area contributed by atoms with E-state index in [0.717, 1.165) is 42.2 Å². The summed E-state index contributed by atoms with van der Waals surface area (Å²) < 4.78 is 5.32. The zero-order valence-corrected chi connectivity index (χ0v) is 18.7.